The van der Waals surface area contributed by atoms with E-state index in [2.05, 4.69) is 0 Å². The molecule has 0 saturated carbocycles. The van der Waals surface area contributed by atoms with E-state index >= 15 is 0 Å². The smallest absolute Gasteiger partial charge is 0.227 e. The topological polar surface area (TPSA) is 59.0 Å². The first-order chi connectivity index (χ1) is 14.3. The van der Waals surface area contributed by atoms with Crippen LogP contribution in [-0.2, 0) is 21.6 Å². The second kappa shape index (κ2) is 10.0. The molecule has 1 saturated heterocycles. The summed E-state index contributed by atoms with van der Waals surface area (Å²) in [5, 5.41) is 10.5. The van der Waals surface area contributed by atoms with Crippen LogP contribution in [-0.4, -0.2) is 48.3 Å². The molecule has 0 radical (unpaired) electrons. The van der Waals surface area contributed by atoms with Gasteiger partial charge in [-0.2, -0.15) is 0 Å². The van der Waals surface area contributed by atoms with Crippen molar-refractivity contribution in [2.45, 2.75) is 38.4 Å². The Kier molecular flexibility index (Phi) is 7.64. The Bertz CT molecular complexity index is 885. The normalized spacial score (nSPS) is 19.2. The molecule has 5 nitrogen and oxygen atoms in total. The fourth-order valence-corrected chi connectivity index (χ4v) is 4.01. The van der Waals surface area contributed by atoms with Gasteiger partial charge >= 0.3 is 0 Å². The van der Waals surface area contributed by atoms with Crippen molar-refractivity contribution in [1.82, 2.24) is 4.90 Å². The molecular weight excluding hydrogens is 425 g/mol. The average molecular weight is 452 g/mol. The van der Waals surface area contributed by atoms with Crippen molar-refractivity contribution in [3.63, 3.8) is 0 Å². The van der Waals surface area contributed by atoms with Crippen molar-refractivity contribution in [3.8, 4) is 5.75 Å². The molecule has 0 spiro atoms. The van der Waals surface area contributed by atoms with Crippen LogP contribution in [0.25, 0.3) is 0 Å². The van der Waals surface area contributed by atoms with Gasteiger partial charge in [-0.05, 0) is 49.2 Å². The number of rotatable bonds is 7. The van der Waals surface area contributed by atoms with E-state index in [0.29, 0.717) is 36.2 Å². The number of aliphatic hydroxyl groups is 1. The van der Waals surface area contributed by atoms with E-state index in [0.717, 1.165) is 16.9 Å². The summed E-state index contributed by atoms with van der Waals surface area (Å²) in [6.45, 7) is 5.08. The van der Waals surface area contributed by atoms with Crippen molar-refractivity contribution < 1.29 is 19.4 Å². The molecule has 1 fully saturated rings. The van der Waals surface area contributed by atoms with Gasteiger partial charge in [0.1, 0.15) is 11.4 Å². The fourth-order valence-electron chi connectivity index (χ4n) is 3.71. The third-order valence-corrected chi connectivity index (χ3v) is 5.86. The van der Waals surface area contributed by atoms with E-state index in [1.165, 1.54) is 0 Å². The second-order valence-corrected chi connectivity index (χ2v) is 8.57. The summed E-state index contributed by atoms with van der Waals surface area (Å²) in [4.78, 5) is 14.9. The number of amides is 1. The van der Waals surface area contributed by atoms with Gasteiger partial charge in [0.15, 0.2) is 0 Å². The molecule has 1 atom stereocenters. The molecule has 1 aliphatic heterocycles. The first-order valence-corrected chi connectivity index (χ1v) is 10.8. The lowest BCUT2D eigenvalue weighted by Crippen LogP contribution is -2.52. The molecule has 3 rings (SSSR count). The van der Waals surface area contributed by atoms with Gasteiger partial charge in [0, 0.05) is 19.6 Å². The first kappa shape index (κ1) is 22.9. The lowest BCUT2D eigenvalue weighted by molar-refractivity contribution is -0.155. The predicted molar refractivity (Wildman–Crippen MR) is 118 cm³/mol. The van der Waals surface area contributed by atoms with Gasteiger partial charge in [-0.3, -0.25) is 4.79 Å². The van der Waals surface area contributed by atoms with Crippen molar-refractivity contribution in [1.29, 1.82) is 0 Å². The summed E-state index contributed by atoms with van der Waals surface area (Å²) >= 11 is 12.3. The summed E-state index contributed by atoms with van der Waals surface area (Å²) < 4.78 is 11.8. The van der Waals surface area contributed by atoms with Gasteiger partial charge in [-0.15, -0.1) is 0 Å². The van der Waals surface area contributed by atoms with Gasteiger partial charge in [0.25, 0.3) is 0 Å². The van der Waals surface area contributed by atoms with Crippen molar-refractivity contribution in [2.24, 2.45) is 0 Å². The van der Waals surface area contributed by atoms with Crippen molar-refractivity contribution >= 4 is 29.1 Å². The molecule has 1 aliphatic rings. The molecule has 0 aromatic heterocycles. The number of benzene rings is 2. The van der Waals surface area contributed by atoms with E-state index in [1.807, 2.05) is 44.2 Å². The Labute approximate surface area is 187 Å². The number of hydrogen-bond donors (Lipinski definition) is 1. The second-order valence-electron chi connectivity index (χ2n) is 7.75. The predicted octanol–water partition coefficient (Wildman–Crippen LogP) is 4.46. The van der Waals surface area contributed by atoms with Crippen LogP contribution in [0.4, 0.5) is 0 Å². The molecule has 2 aromatic rings. The van der Waals surface area contributed by atoms with Crippen molar-refractivity contribution in [3.05, 3.63) is 63.6 Å². The highest BCUT2D eigenvalue weighted by atomic mass is 35.5. The van der Waals surface area contributed by atoms with Crippen LogP contribution < -0.4 is 4.74 Å². The van der Waals surface area contributed by atoms with Gasteiger partial charge in [-0.1, -0.05) is 41.4 Å². The molecule has 7 heteroatoms. The molecule has 1 heterocycles. The highest BCUT2D eigenvalue weighted by Crippen LogP contribution is 2.36. The fraction of sp³-hybridized carbons (Fsp3) is 0.435. The number of carbonyl (C=O) groups is 1. The highest BCUT2D eigenvalue weighted by Gasteiger charge is 2.39. The Morgan fingerprint density at radius 2 is 2.03 bits per heavy atom. The van der Waals surface area contributed by atoms with Gasteiger partial charge < -0.3 is 19.5 Å². The average Bonchev–Trinajstić information content (AvgIpc) is 2.70. The minimum absolute atomic E-state index is 0.00220. The highest BCUT2D eigenvalue weighted by molar-refractivity contribution is 6.42. The Morgan fingerprint density at radius 1 is 1.23 bits per heavy atom. The van der Waals surface area contributed by atoms with Crippen LogP contribution in [0.5, 0.6) is 5.75 Å². The van der Waals surface area contributed by atoms with Crippen LogP contribution in [0.2, 0.25) is 10.0 Å². The number of carbonyl (C=O) groups excluding carboxylic acids is 1. The van der Waals surface area contributed by atoms with E-state index < -0.39 is 5.60 Å². The SMILES string of the molecule is CC(C)Oc1cccc(CC(=O)N2CCO[C@](CCO)(c3ccc(Cl)c(Cl)c3)C2)c1. The third kappa shape index (κ3) is 5.46. The van der Waals surface area contributed by atoms with Crippen LogP contribution in [0, 0.1) is 0 Å². The first-order valence-electron chi connectivity index (χ1n) is 10.1. The Hall–Kier alpha value is -1.79. The maximum Gasteiger partial charge on any atom is 0.227 e. The number of halogens is 2. The molecule has 162 valence electrons. The molecule has 0 aliphatic carbocycles. The zero-order chi connectivity index (χ0) is 21.7. The van der Waals surface area contributed by atoms with Crippen LogP contribution in [0.3, 0.4) is 0 Å². The maximum atomic E-state index is 13.1. The van der Waals surface area contributed by atoms with Gasteiger partial charge in [0.2, 0.25) is 5.91 Å². The third-order valence-electron chi connectivity index (χ3n) is 5.13. The zero-order valence-corrected chi connectivity index (χ0v) is 18.7. The standard InChI is InChI=1S/C23H27Cl2NO4/c1-16(2)30-19-5-3-4-17(12-19)13-22(28)26-9-11-29-23(15-26,8-10-27)18-6-7-20(24)21(25)14-18/h3-7,12,14,16,27H,8-11,13,15H2,1-2H3/t23-/m0/s1. The molecule has 0 bridgehead atoms. The van der Waals surface area contributed by atoms with Crippen molar-refractivity contribution in [2.75, 3.05) is 26.3 Å². The van der Waals surface area contributed by atoms with Gasteiger partial charge in [0.05, 0.1) is 35.7 Å². The van der Waals surface area contributed by atoms with E-state index in [4.69, 9.17) is 32.7 Å². The number of nitrogens with zero attached hydrogens (tertiary/aromatic N) is 1. The lowest BCUT2D eigenvalue weighted by atomic mass is 9.88. The van der Waals surface area contributed by atoms with E-state index in [1.54, 1.807) is 17.0 Å². The van der Waals surface area contributed by atoms with Crippen LogP contribution in [0.15, 0.2) is 42.5 Å². The van der Waals surface area contributed by atoms with E-state index in [-0.39, 0.29) is 25.0 Å². The van der Waals surface area contributed by atoms with Gasteiger partial charge in [-0.25, -0.2) is 0 Å². The van der Waals surface area contributed by atoms with Crippen LogP contribution >= 0.6 is 23.2 Å². The molecule has 0 unspecified atom stereocenters. The molecule has 1 N–H and O–H groups in total. The van der Waals surface area contributed by atoms with E-state index in [9.17, 15) is 9.90 Å². The summed E-state index contributed by atoms with van der Waals surface area (Å²) in [6.07, 6.45) is 0.693. The van der Waals surface area contributed by atoms with Crippen LogP contribution in [0.1, 0.15) is 31.4 Å². The number of hydrogen-bond acceptors (Lipinski definition) is 4. The minimum Gasteiger partial charge on any atom is -0.491 e. The number of morpholine rings is 1. The maximum absolute atomic E-state index is 13.1. The summed E-state index contributed by atoms with van der Waals surface area (Å²) in [5.74, 6) is 0.755. The molecule has 1 amide bonds. The Morgan fingerprint density at radius 3 is 2.73 bits per heavy atom. The minimum atomic E-state index is -0.820. The summed E-state index contributed by atoms with van der Waals surface area (Å²) in [5.41, 5.74) is 0.877. The largest absolute Gasteiger partial charge is 0.491 e. The molecular formula is C23H27Cl2NO4. The lowest BCUT2D eigenvalue weighted by Gasteiger charge is -2.43. The Balaban J connectivity index is 1.78. The molecule has 30 heavy (non-hydrogen) atoms. The zero-order valence-electron chi connectivity index (χ0n) is 17.2. The number of aliphatic hydroxyl groups excluding tert-OH is 1. The molecule has 2 aromatic carbocycles. The summed E-state index contributed by atoms with van der Waals surface area (Å²) in [7, 11) is 0. The number of ether oxygens (including phenoxy) is 2. The quantitative estimate of drug-likeness (QED) is 0.674. The monoisotopic (exact) mass is 451 g/mol. The summed E-state index contributed by atoms with van der Waals surface area (Å²) in [6, 6.07) is 12.9.